The van der Waals surface area contributed by atoms with Gasteiger partial charge < -0.3 is 20.3 Å². The highest BCUT2D eigenvalue weighted by molar-refractivity contribution is 7.99. The van der Waals surface area contributed by atoms with Gasteiger partial charge in [0.15, 0.2) is 0 Å². The molecule has 2 aromatic rings. The van der Waals surface area contributed by atoms with Crippen molar-refractivity contribution in [3.63, 3.8) is 0 Å². The van der Waals surface area contributed by atoms with Crippen molar-refractivity contribution >= 4 is 47.0 Å². The van der Waals surface area contributed by atoms with E-state index in [4.69, 9.17) is 16.3 Å². The number of carbonyl (C=O) groups excluding carboxylic acids is 3. The van der Waals surface area contributed by atoms with E-state index in [2.05, 4.69) is 10.6 Å². The minimum Gasteiger partial charge on any atom is -0.444 e. The van der Waals surface area contributed by atoms with Crippen LogP contribution in [-0.4, -0.2) is 48.0 Å². The highest BCUT2D eigenvalue weighted by atomic mass is 35.5. The van der Waals surface area contributed by atoms with Crippen molar-refractivity contribution in [3.05, 3.63) is 58.6 Å². The van der Waals surface area contributed by atoms with Crippen LogP contribution >= 0.6 is 23.4 Å². The smallest absolute Gasteiger partial charge is 0.408 e. The maximum atomic E-state index is 13.6. The van der Waals surface area contributed by atoms with Crippen molar-refractivity contribution in [2.45, 2.75) is 56.5 Å². The Morgan fingerprint density at radius 2 is 1.81 bits per heavy atom. The molecule has 0 spiro atoms. The van der Waals surface area contributed by atoms with Crippen molar-refractivity contribution in [3.8, 4) is 0 Å². The lowest BCUT2D eigenvalue weighted by molar-refractivity contribution is -0.133. The van der Waals surface area contributed by atoms with Crippen molar-refractivity contribution in [2.75, 3.05) is 17.2 Å². The number of anilines is 1. The van der Waals surface area contributed by atoms with Crippen LogP contribution in [-0.2, 0) is 16.1 Å². The second-order valence-electron chi connectivity index (χ2n) is 9.36. The number of thioether (sulfide) groups is 1. The van der Waals surface area contributed by atoms with Crippen LogP contribution in [0, 0.1) is 0 Å². The van der Waals surface area contributed by atoms with Gasteiger partial charge in [0.25, 0.3) is 11.8 Å². The standard InChI is InChI=1S/C25H27ClF3N3O4S/c1-24(2,3)36-23(35)31-18-14-37-20-9-6-16(21(33)30-11-10-25(27,28)29)12-19(20)32(22(18)34)13-15-4-7-17(26)8-5-15/h4-9,12,18H,10-11,13-14H2,1-3H3,(H,30,33)(H,31,35)/t18-/m0/s1. The van der Waals surface area contributed by atoms with E-state index in [-0.39, 0.29) is 17.9 Å². The molecule has 3 amide bonds. The van der Waals surface area contributed by atoms with Gasteiger partial charge in [-0.25, -0.2) is 4.79 Å². The Morgan fingerprint density at radius 3 is 2.43 bits per heavy atom. The molecule has 0 aromatic heterocycles. The molecule has 0 saturated carbocycles. The van der Waals surface area contributed by atoms with Crippen LogP contribution in [0.25, 0.3) is 0 Å². The first-order valence-corrected chi connectivity index (χ1v) is 12.8. The fraction of sp³-hybridized carbons (Fsp3) is 0.400. The molecular weight excluding hydrogens is 531 g/mol. The number of ether oxygens (including phenoxy) is 1. The average molecular weight is 558 g/mol. The van der Waals surface area contributed by atoms with Crippen LogP contribution < -0.4 is 15.5 Å². The van der Waals surface area contributed by atoms with E-state index in [0.29, 0.717) is 15.6 Å². The number of nitrogens with one attached hydrogen (secondary N) is 2. The molecule has 3 rings (SSSR count). The largest absolute Gasteiger partial charge is 0.444 e. The molecular formula is C25H27ClF3N3O4S. The lowest BCUT2D eigenvalue weighted by Crippen LogP contribution is -2.50. The lowest BCUT2D eigenvalue weighted by atomic mass is 10.1. The molecule has 7 nitrogen and oxygen atoms in total. The van der Waals surface area contributed by atoms with Gasteiger partial charge in [-0.05, 0) is 56.7 Å². The summed E-state index contributed by atoms with van der Waals surface area (Å²) in [6, 6.07) is 10.5. The molecule has 2 N–H and O–H groups in total. The van der Waals surface area contributed by atoms with Gasteiger partial charge in [-0.15, -0.1) is 11.8 Å². The summed E-state index contributed by atoms with van der Waals surface area (Å²) >= 11 is 7.29. The van der Waals surface area contributed by atoms with Crippen LogP contribution in [0.3, 0.4) is 0 Å². The Bertz CT molecular complexity index is 1150. The Hall–Kier alpha value is -2.92. The summed E-state index contributed by atoms with van der Waals surface area (Å²) in [6.45, 7) is 4.67. The fourth-order valence-corrected chi connectivity index (χ4v) is 4.63. The number of halogens is 4. The number of hydrogen-bond donors (Lipinski definition) is 2. The van der Waals surface area contributed by atoms with E-state index in [1.807, 2.05) is 0 Å². The molecule has 1 aliphatic heterocycles. The number of amides is 3. The van der Waals surface area contributed by atoms with Crippen molar-refractivity contribution in [2.24, 2.45) is 0 Å². The molecule has 200 valence electrons. The monoisotopic (exact) mass is 557 g/mol. The first-order valence-electron chi connectivity index (χ1n) is 11.4. The van der Waals surface area contributed by atoms with Crippen molar-refractivity contribution < 1.29 is 32.3 Å². The summed E-state index contributed by atoms with van der Waals surface area (Å²) in [5.74, 6) is -0.912. The number of benzene rings is 2. The first-order chi connectivity index (χ1) is 17.2. The first kappa shape index (κ1) is 28.6. The van der Waals surface area contributed by atoms with Gasteiger partial charge in [0.1, 0.15) is 11.6 Å². The molecule has 0 saturated heterocycles. The number of nitrogens with zero attached hydrogens (tertiary/aromatic N) is 1. The zero-order chi connectivity index (χ0) is 27.4. The summed E-state index contributed by atoms with van der Waals surface area (Å²) < 4.78 is 42.7. The van der Waals surface area contributed by atoms with Crippen molar-refractivity contribution in [1.29, 1.82) is 0 Å². The van der Waals surface area contributed by atoms with E-state index in [1.165, 1.54) is 28.8 Å². The normalized spacial score (nSPS) is 16.0. The van der Waals surface area contributed by atoms with E-state index in [0.717, 1.165) is 5.56 Å². The van der Waals surface area contributed by atoms with Gasteiger partial charge in [-0.2, -0.15) is 13.2 Å². The molecule has 1 heterocycles. The molecule has 0 fully saturated rings. The molecule has 0 bridgehead atoms. The maximum Gasteiger partial charge on any atom is 0.408 e. The Labute approximate surface area is 222 Å². The Kier molecular flexibility index (Phi) is 9.01. The van der Waals surface area contributed by atoms with Gasteiger partial charge in [0, 0.05) is 27.8 Å². The molecule has 0 radical (unpaired) electrons. The average Bonchev–Trinajstić information content (AvgIpc) is 2.90. The number of fused-ring (bicyclic) bond motifs is 1. The highest BCUT2D eigenvalue weighted by Gasteiger charge is 2.34. The van der Waals surface area contributed by atoms with Crippen molar-refractivity contribution in [1.82, 2.24) is 10.6 Å². The number of rotatable bonds is 6. The van der Waals surface area contributed by atoms with Gasteiger partial charge in [0.2, 0.25) is 0 Å². The maximum absolute atomic E-state index is 13.6. The zero-order valence-corrected chi connectivity index (χ0v) is 22.0. The van der Waals surface area contributed by atoms with E-state index in [9.17, 15) is 27.6 Å². The predicted octanol–water partition coefficient (Wildman–Crippen LogP) is 5.55. The minimum absolute atomic E-state index is 0.106. The van der Waals surface area contributed by atoms with Crippen LogP contribution in [0.1, 0.15) is 43.1 Å². The van der Waals surface area contributed by atoms with Crippen LogP contribution in [0.15, 0.2) is 47.4 Å². The topological polar surface area (TPSA) is 87.7 Å². The summed E-state index contributed by atoms with van der Waals surface area (Å²) in [5, 5.41) is 5.40. The molecule has 2 aromatic carbocycles. The molecule has 12 heteroatoms. The van der Waals surface area contributed by atoms with Gasteiger partial charge in [0.05, 0.1) is 18.7 Å². The summed E-state index contributed by atoms with van der Waals surface area (Å²) in [6.07, 6.45) is -6.29. The SMILES string of the molecule is CC(C)(C)OC(=O)N[C@H]1CSc2ccc(C(=O)NCCC(F)(F)F)cc2N(Cc2ccc(Cl)cc2)C1=O. The zero-order valence-electron chi connectivity index (χ0n) is 20.4. The third-order valence-corrected chi connectivity index (χ3v) is 6.53. The Morgan fingerprint density at radius 1 is 1.14 bits per heavy atom. The number of alkyl carbamates (subject to hydrolysis) is 1. The molecule has 1 atom stereocenters. The van der Waals surface area contributed by atoms with E-state index >= 15 is 0 Å². The van der Waals surface area contributed by atoms with E-state index in [1.54, 1.807) is 51.1 Å². The molecule has 0 aliphatic carbocycles. The number of alkyl halides is 3. The van der Waals surface area contributed by atoms with Crippen LogP contribution in [0.4, 0.5) is 23.7 Å². The highest BCUT2D eigenvalue weighted by Crippen LogP contribution is 2.36. The lowest BCUT2D eigenvalue weighted by Gasteiger charge is -2.27. The summed E-state index contributed by atoms with van der Waals surface area (Å²) in [5.41, 5.74) is 0.494. The molecule has 0 unspecified atom stereocenters. The second-order valence-corrected chi connectivity index (χ2v) is 10.9. The van der Waals surface area contributed by atoms with Crippen LogP contribution in [0.5, 0.6) is 0 Å². The fourth-order valence-electron chi connectivity index (χ4n) is 3.45. The third kappa shape index (κ3) is 8.57. The quantitative estimate of drug-likeness (QED) is 0.486. The molecule has 1 aliphatic rings. The van der Waals surface area contributed by atoms with Crippen LogP contribution in [0.2, 0.25) is 5.02 Å². The Balaban J connectivity index is 1.90. The summed E-state index contributed by atoms with van der Waals surface area (Å²) in [7, 11) is 0. The van der Waals surface area contributed by atoms with Gasteiger partial charge in [-0.3, -0.25) is 9.59 Å². The predicted molar refractivity (Wildman–Crippen MR) is 136 cm³/mol. The molecule has 37 heavy (non-hydrogen) atoms. The second kappa shape index (κ2) is 11.6. The number of carbonyl (C=O) groups is 3. The number of hydrogen-bond acceptors (Lipinski definition) is 5. The third-order valence-electron chi connectivity index (χ3n) is 5.12. The van der Waals surface area contributed by atoms with Gasteiger partial charge >= 0.3 is 12.3 Å². The minimum atomic E-state index is -4.39. The van der Waals surface area contributed by atoms with Gasteiger partial charge in [-0.1, -0.05) is 23.7 Å². The summed E-state index contributed by atoms with van der Waals surface area (Å²) in [4.78, 5) is 40.7. The van der Waals surface area contributed by atoms with E-state index < -0.39 is 48.7 Å².